The third kappa shape index (κ3) is 2.69. The Morgan fingerprint density at radius 3 is 2.73 bits per heavy atom. The molecule has 0 saturated carbocycles. The Balaban J connectivity index is 3.18. The van der Waals surface area contributed by atoms with Crippen LogP contribution in [0.5, 0.6) is 5.75 Å². The maximum Gasteiger partial charge on any atom is 0.139 e. The van der Waals surface area contributed by atoms with Crippen molar-refractivity contribution in [3.05, 3.63) is 27.5 Å². The van der Waals surface area contributed by atoms with Crippen molar-refractivity contribution in [1.82, 2.24) is 5.32 Å². The molecule has 4 heteroatoms. The van der Waals surface area contributed by atoms with Crippen LogP contribution in [0.4, 0.5) is 4.39 Å². The summed E-state index contributed by atoms with van der Waals surface area (Å²) in [6.07, 6.45) is 0.617. The van der Waals surface area contributed by atoms with Crippen molar-refractivity contribution < 1.29 is 9.13 Å². The lowest BCUT2D eigenvalue weighted by Crippen LogP contribution is -2.12. The monoisotopic (exact) mass is 275 g/mol. The minimum atomic E-state index is -0.176. The third-order valence-corrected chi connectivity index (χ3v) is 2.86. The van der Waals surface area contributed by atoms with Gasteiger partial charge in [-0.3, -0.25) is 0 Å². The van der Waals surface area contributed by atoms with Crippen LogP contribution in [0.3, 0.4) is 0 Å². The Bertz CT molecular complexity index is 355. The van der Waals surface area contributed by atoms with Gasteiger partial charge in [0.2, 0.25) is 0 Å². The maximum absolute atomic E-state index is 13.8. The van der Waals surface area contributed by atoms with Gasteiger partial charge in [0.15, 0.2) is 0 Å². The molecule has 0 fully saturated rings. The molecule has 0 atom stereocenters. The SMILES string of the molecule is CNCCc1c(F)c(C)cc(Br)c1OC. The summed E-state index contributed by atoms with van der Waals surface area (Å²) in [4.78, 5) is 0. The fourth-order valence-corrected chi connectivity index (χ4v) is 2.24. The zero-order valence-electron chi connectivity index (χ0n) is 9.16. The first-order valence-corrected chi connectivity index (χ1v) is 5.57. The quantitative estimate of drug-likeness (QED) is 0.912. The van der Waals surface area contributed by atoms with E-state index in [0.29, 0.717) is 23.3 Å². The zero-order chi connectivity index (χ0) is 11.4. The number of rotatable bonds is 4. The molecule has 1 rings (SSSR count). The molecule has 1 aromatic carbocycles. The molecule has 0 aliphatic heterocycles. The normalized spacial score (nSPS) is 10.5. The van der Waals surface area contributed by atoms with Crippen LogP contribution in [0, 0.1) is 12.7 Å². The molecule has 84 valence electrons. The average Bonchev–Trinajstić information content (AvgIpc) is 2.21. The number of methoxy groups -OCH3 is 1. The fourth-order valence-electron chi connectivity index (χ4n) is 1.49. The van der Waals surface area contributed by atoms with Gasteiger partial charge in [-0.2, -0.15) is 0 Å². The molecule has 0 bridgehead atoms. The second-order valence-electron chi connectivity index (χ2n) is 3.35. The highest BCUT2D eigenvalue weighted by Gasteiger charge is 2.15. The summed E-state index contributed by atoms with van der Waals surface area (Å²) >= 11 is 3.37. The van der Waals surface area contributed by atoms with Gasteiger partial charge in [0.1, 0.15) is 11.6 Å². The Kier molecular flexibility index (Phi) is 4.54. The molecule has 0 radical (unpaired) electrons. The first kappa shape index (κ1) is 12.5. The Morgan fingerprint density at radius 1 is 1.53 bits per heavy atom. The van der Waals surface area contributed by atoms with E-state index >= 15 is 0 Å². The maximum atomic E-state index is 13.8. The van der Waals surface area contributed by atoms with Gasteiger partial charge in [0.25, 0.3) is 0 Å². The molecule has 1 N–H and O–H groups in total. The van der Waals surface area contributed by atoms with E-state index in [4.69, 9.17) is 4.74 Å². The molecule has 15 heavy (non-hydrogen) atoms. The predicted molar refractivity (Wildman–Crippen MR) is 63.0 cm³/mol. The smallest absolute Gasteiger partial charge is 0.139 e. The van der Waals surface area contributed by atoms with Crippen molar-refractivity contribution in [3.8, 4) is 5.75 Å². The molecule has 0 aliphatic rings. The molecule has 0 amide bonds. The van der Waals surface area contributed by atoms with Crippen LogP contribution in [0.2, 0.25) is 0 Å². The number of hydrogen-bond donors (Lipinski definition) is 1. The van der Waals surface area contributed by atoms with E-state index in [-0.39, 0.29) is 5.82 Å². The Morgan fingerprint density at radius 2 is 2.20 bits per heavy atom. The molecule has 0 saturated heterocycles. The van der Waals surface area contributed by atoms with Gasteiger partial charge in [0.05, 0.1) is 11.6 Å². The third-order valence-electron chi connectivity index (χ3n) is 2.27. The lowest BCUT2D eigenvalue weighted by atomic mass is 10.1. The molecule has 0 unspecified atom stereocenters. The highest BCUT2D eigenvalue weighted by Crippen LogP contribution is 2.33. The van der Waals surface area contributed by atoms with Gasteiger partial charge in [-0.1, -0.05) is 0 Å². The molecule has 2 nitrogen and oxygen atoms in total. The first-order valence-electron chi connectivity index (χ1n) is 4.77. The molecular weight excluding hydrogens is 261 g/mol. The van der Waals surface area contributed by atoms with Crippen molar-refractivity contribution in [2.24, 2.45) is 0 Å². The van der Waals surface area contributed by atoms with Gasteiger partial charge in [-0.25, -0.2) is 4.39 Å². The largest absolute Gasteiger partial charge is 0.495 e. The van der Waals surface area contributed by atoms with Crippen LogP contribution in [-0.2, 0) is 6.42 Å². The van der Waals surface area contributed by atoms with Crippen LogP contribution in [0.25, 0.3) is 0 Å². The van der Waals surface area contributed by atoms with E-state index in [1.807, 2.05) is 7.05 Å². The minimum Gasteiger partial charge on any atom is -0.495 e. The van der Waals surface area contributed by atoms with Gasteiger partial charge in [0, 0.05) is 5.56 Å². The van der Waals surface area contributed by atoms with E-state index in [1.54, 1.807) is 20.1 Å². The van der Waals surface area contributed by atoms with Crippen LogP contribution < -0.4 is 10.1 Å². The topological polar surface area (TPSA) is 21.3 Å². The van der Waals surface area contributed by atoms with Crippen molar-refractivity contribution in [2.75, 3.05) is 20.7 Å². The number of benzene rings is 1. The summed E-state index contributed by atoms with van der Waals surface area (Å²) in [5.41, 5.74) is 1.26. The van der Waals surface area contributed by atoms with Crippen LogP contribution in [-0.4, -0.2) is 20.7 Å². The number of ether oxygens (including phenoxy) is 1. The fraction of sp³-hybridized carbons (Fsp3) is 0.455. The predicted octanol–water partition coefficient (Wildman–Crippen LogP) is 2.67. The highest BCUT2D eigenvalue weighted by atomic mass is 79.9. The zero-order valence-corrected chi connectivity index (χ0v) is 10.7. The van der Waals surface area contributed by atoms with E-state index in [1.165, 1.54) is 0 Å². The van der Waals surface area contributed by atoms with E-state index < -0.39 is 0 Å². The number of halogens is 2. The minimum absolute atomic E-state index is 0.176. The van der Waals surface area contributed by atoms with E-state index in [2.05, 4.69) is 21.2 Å². The van der Waals surface area contributed by atoms with Crippen LogP contribution in [0.1, 0.15) is 11.1 Å². The second-order valence-corrected chi connectivity index (χ2v) is 4.21. The summed E-state index contributed by atoms with van der Waals surface area (Å²) in [5, 5.41) is 3.00. The van der Waals surface area contributed by atoms with E-state index in [9.17, 15) is 4.39 Å². The van der Waals surface area contributed by atoms with Gasteiger partial charge >= 0.3 is 0 Å². The van der Waals surface area contributed by atoms with Crippen molar-refractivity contribution >= 4 is 15.9 Å². The summed E-state index contributed by atoms with van der Waals surface area (Å²) in [7, 11) is 3.40. The van der Waals surface area contributed by atoms with Crippen LogP contribution in [0.15, 0.2) is 10.5 Å². The Hall–Kier alpha value is -0.610. The summed E-state index contributed by atoms with van der Waals surface area (Å²) < 4.78 is 19.8. The number of nitrogens with one attached hydrogen (secondary N) is 1. The average molecular weight is 276 g/mol. The molecule has 0 aliphatic carbocycles. The molecule has 1 aromatic rings. The number of hydrogen-bond acceptors (Lipinski definition) is 2. The van der Waals surface area contributed by atoms with E-state index in [0.717, 1.165) is 11.0 Å². The number of likely N-dealkylation sites (N-methyl/N-ethyl adjacent to an activating group) is 1. The lowest BCUT2D eigenvalue weighted by molar-refractivity contribution is 0.400. The van der Waals surface area contributed by atoms with Gasteiger partial charge in [-0.05, 0) is 54.5 Å². The Labute approximate surface area is 98.0 Å². The molecule has 0 aromatic heterocycles. The molecule has 0 spiro atoms. The van der Waals surface area contributed by atoms with Gasteiger partial charge < -0.3 is 10.1 Å². The lowest BCUT2D eigenvalue weighted by Gasteiger charge is -2.13. The van der Waals surface area contributed by atoms with Crippen molar-refractivity contribution in [3.63, 3.8) is 0 Å². The highest BCUT2D eigenvalue weighted by molar-refractivity contribution is 9.10. The van der Waals surface area contributed by atoms with Crippen LogP contribution >= 0.6 is 15.9 Å². The molecular formula is C11H15BrFNO. The van der Waals surface area contributed by atoms with Crippen molar-refractivity contribution in [1.29, 1.82) is 0 Å². The summed E-state index contributed by atoms with van der Waals surface area (Å²) in [6.45, 7) is 2.48. The number of aryl methyl sites for hydroxylation is 1. The summed E-state index contributed by atoms with van der Waals surface area (Å²) in [6, 6.07) is 1.73. The van der Waals surface area contributed by atoms with Gasteiger partial charge in [-0.15, -0.1) is 0 Å². The van der Waals surface area contributed by atoms with Crippen molar-refractivity contribution in [2.45, 2.75) is 13.3 Å². The standard InChI is InChI=1S/C11H15BrFNO/c1-7-6-9(12)11(15-3)8(10(7)13)4-5-14-2/h6,14H,4-5H2,1-3H3. The summed E-state index contributed by atoms with van der Waals surface area (Å²) in [5.74, 6) is 0.415. The second kappa shape index (κ2) is 5.47. The molecule has 0 heterocycles. The first-order chi connectivity index (χ1) is 7.11.